The number of hydrogen-bond acceptors (Lipinski definition) is 2. The minimum absolute atomic E-state index is 0.247. The zero-order chi connectivity index (χ0) is 23.7. The molecule has 174 valence electrons. The lowest BCUT2D eigenvalue weighted by molar-refractivity contribution is -0.137. The summed E-state index contributed by atoms with van der Waals surface area (Å²) in [6, 6.07) is 10.9. The summed E-state index contributed by atoms with van der Waals surface area (Å²) in [4.78, 5) is 0. The monoisotopic (exact) mass is 467 g/mol. The van der Waals surface area contributed by atoms with E-state index in [9.17, 15) is 21.6 Å². The van der Waals surface area contributed by atoms with Crippen molar-refractivity contribution < 1.29 is 21.6 Å². The Labute approximate surface area is 187 Å². The number of benzene rings is 2. The van der Waals surface area contributed by atoms with Gasteiger partial charge in [0.2, 0.25) is 0 Å². The third kappa shape index (κ3) is 5.51. The highest BCUT2D eigenvalue weighted by Gasteiger charge is 2.30. The van der Waals surface area contributed by atoms with Gasteiger partial charge in [-0.1, -0.05) is 38.1 Å². The van der Waals surface area contributed by atoms with Crippen molar-refractivity contribution in [3.63, 3.8) is 0 Å². The second kappa shape index (κ2) is 9.25. The van der Waals surface area contributed by atoms with Crippen LogP contribution in [0.2, 0.25) is 0 Å². The summed E-state index contributed by atoms with van der Waals surface area (Å²) >= 11 is 0. The maximum atomic E-state index is 13.1. The van der Waals surface area contributed by atoms with Crippen molar-refractivity contribution in [3.05, 3.63) is 59.8 Å². The van der Waals surface area contributed by atoms with Crippen LogP contribution in [0.25, 0.3) is 22.0 Å². The normalized spacial score (nSPS) is 12.9. The largest absolute Gasteiger partial charge is 0.416 e. The van der Waals surface area contributed by atoms with Crippen molar-refractivity contribution in [1.29, 1.82) is 0 Å². The molecule has 9 heteroatoms. The molecule has 0 fully saturated rings. The van der Waals surface area contributed by atoms with Gasteiger partial charge >= 0.3 is 6.18 Å². The van der Waals surface area contributed by atoms with Gasteiger partial charge in [-0.2, -0.15) is 25.9 Å². The molecule has 3 rings (SSSR count). The van der Waals surface area contributed by atoms with Crippen molar-refractivity contribution in [1.82, 2.24) is 13.6 Å². The molecule has 0 aliphatic carbocycles. The minimum Gasteiger partial charge on any atom is -0.347 e. The molecule has 0 aliphatic heterocycles. The fraction of sp³-hybridized carbons (Fsp3) is 0.391. The highest BCUT2D eigenvalue weighted by molar-refractivity contribution is 7.87. The summed E-state index contributed by atoms with van der Waals surface area (Å²) in [5, 5.41) is 0.963. The number of hydrogen-bond donors (Lipinski definition) is 1. The lowest BCUT2D eigenvalue weighted by Gasteiger charge is -2.12. The van der Waals surface area contributed by atoms with E-state index in [0.717, 1.165) is 39.4 Å². The molecule has 1 aromatic heterocycles. The third-order valence-corrected chi connectivity index (χ3v) is 6.74. The van der Waals surface area contributed by atoms with Gasteiger partial charge in [-0.05, 0) is 47.2 Å². The summed E-state index contributed by atoms with van der Waals surface area (Å²) in [6.45, 7) is 5.17. The van der Waals surface area contributed by atoms with Crippen LogP contribution in [0.4, 0.5) is 13.2 Å². The van der Waals surface area contributed by atoms with Gasteiger partial charge in [-0.3, -0.25) is 0 Å². The van der Waals surface area contributed by atoms with Crippen LogP contribution in [0, 0.1) is 5.92 Å². The van der Waals surface area contributed by atoms with Crippen LogP contribution in [0.5, 0.6) is 0 Å². The molecular weight excluding hydrogens is 439 g/mol. The third-order valence-electron chi connectivity index (χ3n) is 5.21. The first-order valence-electron chi connectivity index (χ1n) is 10.3. The van der Waals surface area contributed by atoms with Gasteiger partial charge in [-0.25, -0.2) is 4.72 Å². The van der Waals surface area contributed by atoms with Crippen molar-refractivity contribution in [2.24, 2.45) is 5.92 Å². The molecule has 0 saturated heterocycles. The summed E-state index contributed by atoms with van der Waals surface area (Å²) in [7, 11) is -0.579. The Morgan fingerprint density at radius 2 is 1.75 bits per heavy atom. The highest BCUT2D eigenvalue weighted by atomic mass is 32.2. The molecular formula is C23H28F3N3O2S. The van der Waals surface area contributed by atoms with E-state index in [0.29, 0.717) is 23.5 Å². The molecule has 1 heterocycles. The van der Waals surface area contributed by atoms with Crippen LogP contribution in [0.1, 0.15) is 25.0 Å². The van der Waals surface area contributed by atoms with Crippen molar-refractivity contribution in [2.75, 3.05) is 20.6 Å². The maximum absolute atomic E-state index is 13.1. The van der Waals surface area contributed by atoms with E-state index in [4.69, 9.17) is 0 Å². The van der Waals surface area contributed by atoms with Gasteiger partial charge < -0.3 is 4.57 Å². The molecule has 0 saturated carbocycles. The topological polar surface area (TPSA) is 54.3 Å². The molecule has 0 bridgehead atoms. The summed E-state index contributed by atoms with van der Waals surface area (Å²) < 4.78 is 69.1. The first kappa shape index (κ1) is 24.3. The summed E-state index contributed by atoms with van der Waals surface area (Å²) in [5.74, 6) is 0.364. The van der Waals surface area contributed by atoms with Gasteiger partial charge in [0, 0.05) is 44.3 Å². The van der Waals surface area contributed by atoms with E-state index in [2.05, 4.69) is 23.1 Å². The number of aromatic nitrogens is 1. The molecule has 0 radical (unpaired) electrons. The average Bonchev–Trinajstić information content (AvgIpc) is 3.03. The highest BCUT2D eigenvalue weighted by Crippen LogP contribution is 2.34. The Bertz CT molecular complexity index is 1200. The molecule has 0 atom stereocenters. The molecule has 3 aromatic rings. The molecule has 1 N–H and O–H groups in total. The standard InChI is InChI=1S/C23H28F3N3O2S/c1-16(2)14-29-15-19(10-11-27-32(30,31)28(3)4)21-9-8-18(13-22(21)29)17-6-5-7-20(12-17)23(24,25)26/h5-9,12-13,15-16,27H,10-11,14H2,1-4H3. The van der Waals surface area contributed by atoms with Crippen molar-refractivity contribution in [2.45, 2.75) is 33.0 Å². The molecule has 0 spiro atoms. The van der Waals surface area contributed by atoms with Crippen LogP contribution < -0.4 is 4.72 Å². The Hall–Kier alpha value is -2.36. The summed E-state index contributed by atoms with van der Waals surface area (Å²) in [6.07, 6.45) is -1.90. The number of nitrogens with zero attached hydrogens (tertiary/aromatic N) is 2. The van der Waals surface area contributed by atoms with Gasteiger partial charge in [0.1, 0.15) is 0 Å². The number of alkyl halides is 3. The quantitative estimate of drug-likeness (QED) is 0.511. The second-order valence-electron chi connectivity index (χ2n) is 8.44. The lowest BCUT2D eigenvalue weighted by Crippen LogP contribution is -2.36. The van der Waals surface area contributed by atoms with E-state index in [1.165, 1.54) is 20.2 Å². The van der Waals surface area contributed by atoms with Crippen LogP contribution in [-0.2, 0) is 29.4 Å². The molecule has 0 amide bonds. The zero-order valence-electron chi connectivity index (χ0n) is 18.6. The van der Waals surface area contributed by atoms with Gasteiger partial charge in [-0.15, -0.1) is 0 Å². The van der Waals surface area contributed by atoms with Gasteiger partial charge in [0.15, 0.2) is 0 Å². The smallest absolute Gasteiger partial charge is 0.347 e. The van der Waals surface area contributed by atoms with Crippen LogP contribution in [0.3, 0.4) is 0 Å². The first-order chi connectivity index (χ1) is 14.9. The molecule has 0 aliphatic rings. The number of rotatable bonds is 8. The molecule has 32 heavy (non-hydrogen) atoms. The van der Waals surface area contributed by atoms with Crippen molar-refractivity contribution >= 4 is 21.1 Å². The minimum atomic E-state index is -4.40. The summed E-state index contributed by atoms with van der Waals surface area (Å²) in [5.41, 5.74) is 2.42. The van der Waals surface area contributed by atoms with Crippen LogP contribution in [0.15, 0.2) is 48.7 Å². The molecule has 0 unspecified atom stereocenters. The van der Waals surface area contributed by atoms with Gasteiger partial charge in [0.05, 0.1) is 5.56 Å². The van der Waals surface area contributed by atoms with E-state index in [-0.39, 0.29) is 6.54 Å². The fourth-order valence-corrected chi connectivity index (χ4v) is 4.23. The molecule has 2 aromatic carbocycles. The van der Waals surface area contributed by atoms with E-state index >= 15 is 0 Å². The van der Waals surface area contributed by atoms with E-state index in [1.54, 1.807) is 6.07 Å². The Morgan fingerprint density at radius 3 is 2.38 bits per heavy atom. The van der Waals surface area contributed by atoms with E-state index < -0.39 is 21.9 Å². The maximum Gasteiger partial charge on any atom is 0.416 e. The number of halogens is 3. The Morgan fingerprint density at radius 1 is 1.06 bits per heavy atom. The average molecular weight is 468 g/mol. The Balaban J connectivity index is 1.97. The predicted molar refractivity (Wildman–Crippen MR) is 122 cm³/mol. The first-order valence-corrected chi connectivity index (χ1v) is 11.8. The van der Waals surface area contributed by atoms with Crippen molar-refractivity contribution in [3.8, 4) is 11.1 Å². The van der Waals surface area contributed by atoms with Crippen LogP contribution in [-0.4, -0.2) is 37.9 Å². The SMILES string of the molecule is CC(C)Cn1cc(CCNS(=O)(=O)N(C)C)c2ccc(-c3cccc(C(F)(F)F)c3)cc21. The fourth-order valence-electron chi connectivity index (χ4n) is 3.61. The second-order valence-corrected chi connectivity index (χ2v) is 10.4. The zero-order valence-corrected chi connectivity index (χ0v) is 19.4. The lowest BCUT2D eigenvalue weighted by atomic mass is 10.0. The molecule has 5 nitrogen and oxygen atoms in total. The van der Waals surface area contributed by atoms with E-state index in [1.807, 2.05) is 24.4 Å². The van der Waals surface area contributed by atoms with Gasteiger partial charge in [0.25, 0.3) is 10.2 Å². The van der Waals surface area contributed by atoms with Crippen LogP contribution >= 0.6 is 0 Å². The Kier molecular flexibility index (Phi) is 7.02. The number of fused-ring (bicyclic) bond motifs is 1. The predicted octanol–water partition coefficient (Wildman–Crippen LogP) is 4.92. The number of nitrogens with one attached hydrogen (secondary N) is 1.